The van der Waals surface area contributed by atoms with Crippen LogP contribution in [0.5, 0.6) is 0 Å². The molecule has 0 spiro atoms. The van der Waals surface area contributed by atoms with Crippen molar-refractivity contribution in [1.82, 2.24) is 4.90 Å². The van der Waals surface area contributed by atoms with Gasteiger partial charge in [0.15, 0.2) is 0 Å². The Balaban J connectivity index is 3.95. The average Bonchev–Trinajstić information content (AvgIpc) is 2.28. The zero-order valence-corrected chi connectivity index (χ0v) is 11.9. The second kappa shape index (κ2) is 9.36. The Bertz CT molecular complexity index is 247. The van der Waals surface area contributed by atoms with Gasteiger partial charge in [-0.1, -0.05) is 39.4 Å². The van der Waals surface area contributed by atoms with Gasteiger partial charge in [0.05, 0.1) is 18.1 Å². The second-order valence-corrected chi connectivity index (χ2v) is 4.68. The highest BCUT2D eigenvalue weighted by Gasteiger charge is 2.14. The minimum atomic E-state index is -0.171. The van der Waals surface area contributed by atoms with Crippen LogP contribution in [0.4, 0.5) is 0 Å². The Kier molecular flexibility index (Phi) is 8.99. The number of rotatable bonds is 9. The summed E-state index contributed by atoms with van der Waals surface area (Å²) in [6.07, 6.45) is 1.95. The fourth-order valence-corrected chi connectivity index (χ4v) is 1.42. The Hall–Kier alpha value is -0.680. The molecule has 100 valence electrons. The van der Waals surface area contributed by atoms with E-state index in [0.717, 1.165) is 19.4 Å². The standard InChI is InChI=1S/C12H24N2O2S/c1-4-6-7-16-11(15)9-14(5-2)8-10(3)12(13)17/h10H,4-9H2,1-3H3,(H2,13,17). The number of carbonyl (C=O) groups excluding carboxylic acids is 1. The fourth-order valence-electron chi connectivity index (χ4n) is 1.34. The van der Waals surface area contributed by atoms with Crippen LogP contribution in [0.2, 0.25) is 0 Å². The van der Waals surface area contributed by atoms with E-state index in [9.17, 15) is 4.79 Å². The van der Waals surface area contributed by atoms with E-state index >= 15 is 0 Å². The van der Waals surface area contributed by atoms with Crippen LogP contribution in [-0.4, -0.2) is 42.1 Å². The van der Waals surface area contributed by atoms with Crippen LogP contribution in [0.15, 0.2) is 0 Å². The minimum Gasteiger partial charge on any atom is -0.465 e. The maximum Gasteiger partial charge on any atom is 0.320 e. The Morgan fingerprint density at radius 2 is 2.12 bits per heavy atom. The molecule has 17 heavy (non-hydrogen) atoms. The van der Waals surface area contributed by atoms with Crippen LogP contribution in [0.25, 0.3) is 0 Å². The van der Waals surface area contributed by atoms with Crippen LogP contribution in [0.3, 0.4) is 0 Å². The first-order chi connectivity index (χ1) is 8.01. The van der Waals surface area contributed by atoms with Gasteiger partial charge in [0, 0.05) is 12.5 Å². The molecule has 0 saturated heterocycles. The number of esters is 1. The second-order valence-electron chi connectivity index (χ2n) is 4.21. The quantitative estimate of drug-likeness (QED) is 0.387. The molecule has 0 amide bonds. The lowest BCUT2D eigenvalue weighted by Crippen LogP contribution is -2.37. The summed E-state index contributed by atoms with van der Waals surface area (Å²) in [5, 5.41) is 0. The third kappa shape index (κ3) is 8.10. The molecule has 0 aliphatic rings. The largest absolute Gasteiger partial charge is 0.465 e. The number of hydrogen-bond acceptors (Lipinski definition) is 4. The first kappa shape index (κ1) is 16.3. The van der Waals surface area contributed by atoms with E-state index < -0.39 is 0 Å². The van der Waals surface area contributed by atoms with Gasteiger partial charge in [-0.15, -0.1) is 0 Å². The summed E-state index contributed by atoms with van der Waals surface area (Å²) in [7, 11) is 0. The lowest BCUT2D eigenvalue weighted by molar-refractivity contribution is -0.145. The molecule has 0 heterocycles. The number of thiocarbonyl (C=S) groups is 1. The third-order valence-electron chi connectivity index (χ3n) is 2.58. The highest BCUT2D eigenvalue weighted by atomic mass is 32.1. The molecule has 0 fully saturated rings. The minimum absolute atomic E-state index is 0.119. The molecule has 0 aliphatic heterocycles. The van der Waals surface area contributed by atoms with Gasteiger partial charge in [-0.05, 0) is 13.0 Å². The molecule has 0 aromatic rings. The van der Waals surface area contributed by atoms with Gasteiger partial charge in [-0.3, -0.25) is 9.69 Å². The van der Waals surface area contributed by atoms with E-state index in [-0.39, 0.29) is 11.9 Å². The highest BCUT2D eigenvalue weighted by Crippen LogP contribution is 2.01. The molecular formula is C12H24N2O2S. The third-order valence-corrected chi connectivity index (χ3v) is 2.98. The van der Waals surface area contributed by atoms with Crippen molar-refractivity contribution >= 4 is 23.2 Å². The van der Waals surface area contributed by atoms with E-state index in [4.69, 9.17) is 22.7 Å². The number of unbranched alkanes of at least 4 members (excludes halogenated alkanes) is 1. The molecule has 0 radical (unpaired) electrons. The Morgan fingerprint density at radius 1 is 1.47 bits per heavy atom. The molecular weight excluding hydrogens is 236 g/mol. The fraction of sp³-hybridized carbons (Fsp3) is 0.833. The topological polar surface area (TPSA) is 55.6 Å². The summed E-state index contributed by atoms with van der Waals surface area (Å²) in [5.41, 5.74) is 5.56. The number of ether oxygens (including phenoxy) is 1. The zero-order valence-electron chi connectivity index (χ0n) is 11.1. The first-order valence-electron chi connectivity index (χ1n) is 6.18. The molecule has 0 aromatic carbocycles. The Morgan fingerprint density at radius 3 is 2.59 bits per heavy atom. The summed E-state index contributed by atoms with van der Waals surface area (Å²) in [4.78, 5) is 14.0. The van der Waals surface area contributed by atoms with Crippen LogP contribution in [0.1, 0.15) is 33.6 Å². The molecule has 0 aliphatic carbocycles. The molecule has 0 bridgehead atoms. The predicted molar refractivity (Wildman–Crippen MR) is 73.9 cm³/mol. The lowest BCUT2D eigenvalue weighted by Gasteiger charge is -2.22. The maximum absolute atomic E-state index is 11.5. The van der Waals surface area contributed by atoms with Crippen molar-refractivity contribution in [2.45, 2.75) is 33.6 Å². The SMILES string of the molecule is CCCCOC(=O)CN(CC)CC(C)C(N)=S. The maximum atomic E-state index is 11.5. The van der Waals surface area contributed by atoms with Gasteiger partial charge in [0.25, 0.3) is 0 Å². The van der Waals surface area contributed by atoms with E-state index in [1.807, 2.05) is 18.7 Å². The van der Waals surface area contributed by atoms with Crippen molar-refractivity contribution < 1.29 is 9.53 Å². The highest BCUT2D eigenvalue weighted by molar-refractivity contribution is 7.80. The molecule has 1 unspecified atom stereocenters. The summed E-state index contributed by atoms with van der Waals surface area (Å²) < 4.78 is 5.11. The number of nitrogens with zero attached hydrogens (tertiary/aromatic N) is 1. The predicted octanol–water partition coefficient (Wildman–Crippen LogP) is 1.57. The summed E-state index contributed by atoms with van der Waals surface area (Å²) in [6, 6.07) is 0. The molecule has 0 saturated carbocycles. The van der Waals surface area contributed by atoms with Gasteiger partial charge >= 0.3 is 5.97 Å². The van der Waals surface area contributed by atoms with Crippen LogP contribution < -0.4 is 5.73 Å². The van der Waals surface area contributed by atoms with Gasteiger partial charge in [-0.2, -0.15) is 0 Å². The van der Waals surface area contributed by atoms with Gasteiger partial charge in [-0.25, -0.2) is 0 Å². The molecule has 0 aromatic heterocycles. The molecule has 2 N–H and O–H groups in total. The van der Waals surface area contributed by atoms with Gasteiger partial charge in [0.2, 0.25) is 0 Å². The van der Waals surface area contributed by atoms with Crippen molar-refractivity contribution in [2.75, 3.05) is 26.2 Å². The molecule has 1 atom stereocenters. The van der Waals surface area contributed by atoms with Crippen LogP contribution >= 0.6 is 12.2 Å². The molecule has 4 nitrogen and oxygen atoms in total. The summed E-state index contributed by atoms with van der Waals surface area (Å²) in [5.74, 6) is -0.0520. The molecule has 0 rings (SSSR count). The van der Waals surface area contributed by atoms with Crippen LogP contribution in [0, 0.1) is 5.92 Å². The number of likely N-dealkylation sites (N-methyl/N-ethyl adjacent to an activating group) is 1. The van der Waals surface area contributed by atoms with E-state index in [2.05, 4.69) is 6.92 Å². The molecule has 5 heteroatoms. The van der Waals surface area contributed by atoms with Gasteiger partial charge < -0.3 is 10.5 Å². The average molecular weight is 260 g/mol. The first-order valence-corrected chi connectivity index (χ1v) is 6.59. The number of carbonyl (C=O) groups is 1. The normalized spacial score (nSPS) is 12.5. The van der Waals surface area contributed by atoms with Crippen molar-refractivity contribution in [3.63, 3.8) is 0 Å². The summed E-state index contributed by atoms with van der Waals surface area (Å²) in [6.45, 7) is 8.35. The van der Waals surface area contributed by atoms with E-state index in [1.165, 1.54) is 0 Å². The number of nitrogens with two attached hydrogens (primary N) is 1. The summed E-state index contributed by atoms with van der Waals surface area (Å²) >= 11 is 4.92. The lowest BCUT2D eigenvalue weighted by atomic mass is 10.1. The number of hydrogen-bond donors (Lipinski definition) is 1. The smallest absolute Gasteiger partial charge is 0.320 e. The van der Waals surface area contributed by atoms with Crippen LogP contribution in [-0.2, 0) is 9.53 Å². The van der Waals surface area contributed by atoms with E-state index in [1.54, 1.807) is 0 Å². The van der Waals surface area contributed by atoms with E-state index in [0.29, 0.717) is 24.7 Å². The van der Waals surface area contributed by atoms with Crippen molar-refractivity contribution in [2.24, 2.45) is 11.7 Å². The van der Waals surface area contributed by atoms with Crippen molar-refractivity contribution in [3.05, 3.63) is 0 Å². The zero-order chi connectivity index (χ0) is 13.3. The van der Waals surface area contributed by atoms with Crippen molar-refractivity contribution in [3.8, 4) is 0 Å². The Labute approximate surface area is 109 Å². The van der Waals surface area contributed by atoms with Gasteiger partial charge in [0.1, 0.15) is 0 Å². The monoisotopic (exact) mass is 260 g/mol. The van der Waals surface area contributed by atoms with Crippen molar-refractivity contribution in [1.29, 1.82) is 0 Å².